The molecule has 0 radical (unpaired) electrons. The Morgan fingerprint density at radius 2 is 1.70 bits per heavy atom. The van der Waals surface area contributed by atoms with Crippen LogP contribution in [0, 0.1) is 0 Å². The molecule has 0 saturated heterocycles. The lowest BCUT2D eigenvalue weighted by Crippen LogP contribution is -2.05. The average Bonchev–Trinajstić information content (AvgIpc) is 2.37. The largest absolute Gasteiger partial charge is 0.426 e. The fraction of sp³-hybridized carbons (Fsp3) is 0.200. The van der Waals surface area contributed by atoms with Gasteiger partial charge in [0.1, 0.15) is 11.5 Å². The fourth-order valence-electron chi connectivity index (χ4n) is 1.92. The van der Waals surface area contributed by atoms with E-state index in [2.05, 4.69) is 15.9 Å². The third kappa shape index (κ3) is 3.17. The predicted molar refractivity (Wildman–Crippen MR) is 79.2 cm³/mol. The fourth-order valence-corrected chi connectivity index (χ4v) is 2.36. The number of carbonyl (C=O) groups excluding carboxylic acids is 2. The van der Waals surface area contributed by atoms with E-state index < -0.39 is 11.9 Å². The highest BCUT2D eigenvalue weighted by atomic mass is 79.9. The van der Waals surface area contributed by atoms with Gasteiger partial charge >= 0.3 is 11.9 Å². The number of ether oxygens (including phenoxy) is 2. The minimum Gasteiger partial charge on any atom is -0.426 e. The molecule has 0 unspecified atom stereocenters. The first-order chi connectivity index (χ1) is 9.51. The first-order valence-corrected chi connectivity index (χ1v) is 7.12. The van der Waals surface area contributed by atoms with Crippen LogP contribution < -0.4 is 9.47 Å². The number of carbonyl (C=O) groups is 2. The van der Waals surface area contributed by atoms with Crippen molar-refractivity contribution in [2.75, 3.05) is 0 Å². The zero-order valence-electron chi connectivity index (χ0n) is 11.1. The second-order valence-electron chi connectivity index (χ2n) is 4.26. The van der Waals surface area contributed by atoms with Crippen LogP contribution >= 0.6 is 15.9 Å². The van der Waals surface area contributed by atoms with E-state index in [-0.39, 0.29) is 0 Å². The van der Waals surface area contributed by atoms with E-state index in [0.29, 0.717) is 16.8 Å². The Hall–Kier alpha value is -1.88. The van der Waals surface area contributed by atoms with E-state index in [1.54, 1.807) is 12.1 Å². The van der Waals surface area contributed by atoms with Gasteiger partial charge in [0.15, 0.2) is 0 Å². The number of benzene rings is 2. The van der Waals surface area contributed by atoms with Gasteiger partial charge in [-0.2, -0.15) is 0 Å². The van der Waals surface area contributed by atoms with E-state index in [0.717, 1.165) is 16.3 Å². The number of alkyl halides is 1. The molecule has 0 spiro atoms. The van der Waals surface area contributed by atoms with Crippen molar-refractivity contribution in [2.45, 2.75) is 19.2 Å². The molecule has 5 heteroatoms. The molecule has 0 aliphatic carbocycles. The van der Waals surface area contributed by atoms with Gasteiger partial charge in [0, 0.05) is 30.1 Å². The smallest absolute Gasteiger partial charge is 0.308 e. The summed E-state index contributed by atoms with van der Waals surface area (Å²) in [6.07, 6.45) is 0. The van der Waals surface area contributed by atoms with E-state index in [4.69, 9.17) is 9.47 Å². The van der Waals surface area contributed by atoms with Crippen molar-refractivity contribution >= 4 is 38.6 Å². The van der Waals surface area contributed by atoms with Crippen LogP contribution in [0.4, 0.5) is 0 Å². The molecule has 104 valence electrons. The van der Waals surface area contributed by atoms with Crippen molar-refractivity contribution in [3.8, 4) is 11.5 Å². The number of halogens is 1. The van der Waals surface area contributed by atoms with Gasteiger partial charge in [-0.25, -0.2) is 0 Å². The van der Waals surface area contributed by atoms with Crippen molar-refractivity contribution in [3.63, 3.8) is 0 Å². The molecule has 0 fully saturated rings. The Morgan fingerprint density at radius 3 is 2.30 bits per heavy atom. The highest BCUT2D eigenvalue weighted by Crippen LogP contribution is 2.33. The SMILES string of the molecule is CC(=O)Oc1cc2c(OC(C)=O)cccc2cc1CBr. The normalized spacial score (nSPS) is 10.3. The first-order valence-electron chi connectivity index (χ1n) is 5.99. The highest BCUT2D eigenvalue weighted by molar-refractivity contribution is 9.08. The van der Waals surface area contributed by atoms with Crippen molar-refractivity contribution < 1.29 is 19.1 Å². The molecule has 0 atom stereocenters. The Morgan fingerprint density at radius 1 is 1.05 bits per heavy atom. The van der Waals surface area contributed by atoms with Crippen LogP contribution in [0.25, 0.3) is 10.8 Å². The van der Waals surface area contributed by atoms with Crippen molar-refractivity contribution in [3.05, 3.63) is 35.9 Å². The standard InChI is InChI=1S/C15H13BrO4/c1-9(17)19-14-5-3-4-11-6-12(8-16)15(7-13(11)14)20-10(2)18/h3-7H,8H2,1-2H3. The van der Waals surface area contributed by atoms with Crippen LogP contribution in [0.3, 0.4) is 0 Å². The van der Waals surface area contributed by atoms with Gasteiger partial charge < -0.3 is 9.47 Å². The molecule has 0 aromatic heterocycles. The van der Waals surface area contributed by atoms with Crippen molar-refractivity contribution in [1.82, 2.24) is 0 Å². The molecule has 4 nitrogen and oxygen atoms in total. The molecule has 2 aromatic carbocycles. The quantitative estimate of drug-likeness (QED) is 0.488. The minimum atomic E-state index is -0.392. The zero-order chi connectivity index (χ0) is 14.7. The predicted octanol–water partition coefficient (Wildman–Crippen LogP) is 3.59. The van der Waals surface area contributed by atoms with Gasteiger partial charge in [0.2, 0.25) is 0 Å². The molecular weight excluding hydrogens is 324 g/mol. The summed E-state index contributed by atoms with van der Waals surface area (Å²) in [5, 5.41) is 2.20. The van der Waals surface area contributed by atoms with E-state index in [1.807, 2.05) is 18.2 Å². The molecule has 0 heterocycles. The average molecular weight is 337 g/mol. The maximum absolute atomic E-state index is 11.2. The molecule has 0 bridgehead atoms. The molecule has 0 aliphatic rings. The summed E-state index contributed by atoms with van der Waals surface area (Å²) in [6, 6.07) is 9.03. The Labute approximate surface area is 124 Å². The van der Waals surface area contributed by atoms with Gasteiger partial charge in [0.25, 0.3) is 0 Å². The lowest BCUT2D eigenvalue weighted by atomic mass is 10.1. The summed E-state index contributed by atoms with van der Waals surface area (Å²) < 4.78 is 10.4. The molecule has 0 amide bonds. The Bertz CT molecular complexity index is 679. The monoisotopic (exact) mass is 336 g/mol. The maximum Gasteiger partial charge on any atom is 0.308 e. The topological polar surface area (TPSA) is 52.6 Å². The zero-order valence-corrected chi connectivity index (χ0v) is 12.7. The van der Waals surface area contributed by atoms with Crippen molar-refractivity contribution in [2.24, 2.45) is 0 Å². The van der Waals surface area contributed by atoms with Crippen LogP contribution in [0.15, 0.2) is 30.3 Å². The first kappa shape index (κ1) is 14.5. The molecule has 20 heavy (non-hydrogen) atoms. The number of esters is 2. The summed E-state index contributed by atoms with van der Waals surface area (Å²) in [4.78, 5) is 22.3. The van der Waals surface area contributed by atoms with E-state index >= 15 is 0 Å². The summed E-state index contributed by atoms with van der Waals surface area (Å²) >= 11 is 3.37. The van der Waals surface area contributed by atoms with E-state index in [9.17, 15) is 9.59 Å². The molecule has 0 N–H and O–H groups in total. The Balaban J connectivity index is 2.62. The van der Waals surface area contributed by atoms with Crippen LogP contribution in [0.5, 0.6) is 11.5 Å². The Kier molecular flexibility index (Phi) is 4.39. The maximum atomic E-state index is 11.2. The lowest BCUT2D eigenvalue weighted by Gasteiger charge is -2.11. The van der Waals surface area contributed by atoms with Gasteiger partial charge in [-0.15, -0.1) is 0 Å². The number of hydrogen-bond acceptors (Lipinski definition) is 4. The number of rotatable bonds is 3. The molecule has 2 rings (SSSR count). The minimum absolute atomic E-state index is 0.392. The summed E-state index contributed by atoms with van der Waals surface area (Å²) in [5.74, 6) is 0.124. The molecular formula is C15H13BrO4. The summed E-state index contributed by atoms with van der Waals surface area (Å²) in [5.41, 5.74) is 0.854. The third-order valence-corrected chi connectivity index (χ3v) is 3.28. The van der Waals surface area contributed by atoms with Gasteiger partial charge in [-0.3, -0.25) is 9.59 Å². The second-order valence-corrected chi connectivity index (χ2v) is 4.82. The van der Waals surface area contributed by atoms with Gasteiger partial charge in [-0.05, 0) is 23.6 Å². The molecule has 0 saturated carbocycles. The van der Waals surface area contributed by atoms with Crippen molar-refractivity contribution in [1.29, 1.82) is 0 Å². The van der Waals surface area contributed by atoms with Crippen LogP contribution in [-0.2, 0) is 14.9 Å². The summed E-state index contributed by atoms with van der Waals surface area (Å²) in [7, 11) is 0. The van der Waals surface area contributed by atoms with E-state index in [1.165, 1.54) is 13.8 Å². The number of hydrogen-bond donors (Lipinski definition) is 0. The summed E-state index contributed by atoms with van der Waals surface area (Å²) in [6.45, 7) is 2.69. The van der Waals surface area contributed by atoms with Gasteiger partial charge in [-0.1, -0.05) is 28.1 Å². The second kappa shape index (κ2) is 6.05. The lowest BCUT2D eigenvalue weighted by molar-refractivity contribution is -0.132. The van der Waals surface area contributed by atoms with Crippen LogP contribution in [0.2, 0.25) is 0 Å². The third-order valence-electron chi connectivity index (χ3n) is 2.67. The molecule has 0 aliphatic heterocycles. The van der Waals surface area contributed by atoms with Gasteiger partial charge in [0.05, 0.1) is 0 Å². The molecule has 2 aromatic rings. The highest BCUT2D eigenvalue weighted by Gasteiger charge is 2.11. The number of fused-ring (bicyclic) bond motifs is 1. The van der Waals surface area contributed by atoms with Crippen LogP contribution in [0.1, 0.15) is 19.4 Å². The van der Waals surface area contributed by atoms with Crippen LogP contribution in [-0.4, -0.2) is 11.9 Å².